The zero-order valence-corrected chi connectivity index (χ0v) is 9.64. The number of hydrogen-bond acceptors (Lipinski definition) is 2. The van der Waals surface area contributed by atoms with Crippen LogP contribution < -0.4 is 0 Å². The quantitative estimate of drug-likeness (QED) is 0.353. The molecule has 0 rings (SSSR count). The summed E-state index contributed by atoms with van der Waals surface area (Å²) in [5.41, 5.74) is 1.23. The van der Waals surface area contributed by atoms with Crippen LogP contribution in [0.15, 0.2) is 11.8 Å². The summed E-state index contributed by atoms with van der Waals surface area (Å²) in [7, 11) is 0. The molecule has 0 aliphatic rings. The second kappa shape index (κ2) is 8.79. The minimum absolute atomic E-state index is 0.232. The average molecular weight is 198 g/mol. The Kier molecular flexibility index (Phi) is 8.30. The van der Waals surface area contributed by atoms with Gasteiger partial charge >= 0.3 is 5.97 Å². The Morgan fingerprint density at radius 1 is 1.21 bits per heavy atom. The number of hydrogen-bond donors (Lipinski definition) is 0. The van der Waals surface area contributed by atoms with Gasteiger partial charge < -0.3 is 4.74 Å². The normalized spacial score (nSPS) is 11.5. The zero-order chi connectivity index (χ0) is 10.8. The maximum atomic E-state index is 10.6. The van der Waals surface area contributed by atoms with Crippen LogP contribution in [0.4, 0.5) is 0 Å². The standard InChI is InChI=1S/C12H22O2/c1-4-6-7-8-9-12(5-2)10-14-11(3)13/h10H,4-9H2,1-3H3. The smallest absolute Gasteiger partial charge is 0.307 e. The predicted octanol–water partition coefficient (Wildman–Crippen LogP) is 3.81. The first-order chi connectivity index (χ1) is 6.70. The molecule has 0 saturated heterocycles. The molecule has 0 aromatic rings. The van der Waals surface area contributed by atoms with Gasteiger partial charge in [-0.25, -0.2) is 0 Å². The summed E-state index contributed by atoms with van der Waals surface area (Å²) in [6.45, 7) is 5.73. The van der Waals surface area contributed by atoms with Crippen LogP contribution in [0.3, 0.4) is 0 Å². The summed E-state index contributed by atoms with van der Waals surface area (Å²) in [5, 5.41) is 0. The lowest BCUT2D eigenvalue weighted by molar-refractivity contribution is -0.135. The van der Waals surface area contributed by atoms with Crippen molar-refractivity contribution in [2.75, 3.05) is 0 Å². The Hall–Kier alpha value is -0.790. The van der Waals surface area contributed by atoms with E-state index in [0.717, 1.165) is 12.8 Å². The summed E-state index contributed by atoms with van der Waals surface area (Å²) in [5.74, 6) is -0.232. The fraction of sp³-hybridized carbons (Fsp3) is 0.750. The van der Waals surface area contributed by atoms with Crippen molar-refractivity contribution >= 4 is 5.97 Å². The molecule has 0 radical (unpaired) electrons. The highest BCUT2D eigenvalue weighted by Gasteiger charge is 1.96. The monoisotopic (exact) mass is 198 g/mol. The number of ether oxygens (including phenoxy) is 1. The molecular weight excluding hydrogens is 176 g/mol. The molecule has 0 aliphatic carbocycles. The Morgan fingerprint density at radius 2 is 1.93 bits per heavy atom. The Labute approximate surface area is 87.3 Å². The van der Waals surface area contributed by atoms with Gasteiger partial charge in [-0.1, -0.05) is 33.1 Å². The lowest BCUT2D eigenvalue weighted by Crippen LogP contribution is -1.93. The largest absolute Gasteiger partial charge is 0.435 e. The summed E-state index contributed by atoms with van der Waals surface area (Å²) < 4.78 is 4.85. The fourth-order valence-electron chi connectivity index (χ4n) is 1.26. The summed E-state index contributed by atoms with van der Waals surface area (Å²) in [6, 6.07) is 0. The van der Waals surface area contributed by atoms with E-state index >= 15 is 0 Å². The molecule has 0 saturated carbocycles. The third-order valence-corrected chi connectivity index (χ3v) is 2.20. The van der Waals surface area contributed by atoms with Crippen molar-refractivity contribution in [3.05, 3.63) is 11.8 Å². The molecule has 0 fully saturated rings. The molecule has 0 bridgehead atoms. The van der Waals surface area contributed by atoms with Gasteiger partial charge in [0.25, 0.3) is 0 Å². The van der Waals surface area contributed by atoms with Crippen LogP contribution >= 0.6 is 0 Å². The second-order valence-electron chi connectivity index (χ2n) is 3.55. The first-order valence-electron chi connectivity index (χ1n) is 5.55. The van der Waals surface area contributed by atoms with E-state index in [9.17, 15) is 4.79 Å². The van der Waals surface area contributed by atoms with E-state index < -0.39 is 0 Å². The van der Waals surface area contributed by atoms with Gasteiger partial charge in [0.05, 0.1) is 6.26 Å². The van der Waals surface area contributed by atoms with Crippen molar-refractivity contribution in [3.8, 4) is 0 Å². The van der Waals surface area contributed by atoms with Gasteiger partial charge in [-0.05, 0) is 24.8 Å². The van der Waals surface area contributed by atoms with Gasteiger partial charge in [0, 0.05) is 6.92 Å². The zero-order valence-electron chi connectivity index (χ0n) is 9.64. The van der Waals surface area contributed by atoms with Crippen molar-refractivity contribution < 1.29 is 9.53 Å². The van der Waals surface area contributed by atoms with Crippen LogP contribution in [0, 0.1) is 0 Å². The van der Waals surface area contributed by atoms with Crippen molar-refractivity contribution in [1.29, 1.82) is 0 Å². The van der Waals surface area contributed by atoms with Crippen LogP contribution in [-0.4, -0.2) is 5.97 Å². The Morgan fingerprint density at radius 3 is 2.43 bits per heavy atom. The maximum absolute atomic E-state index is 10.6. The molecule has 14 heavy (non-hydrogen) atoms. The number of rotatable bonds is 7. The Bertz CT molecular complexity index is 183. The van der Waals surface area contributed by atoms with E-state index in [1.54, 1.807) is 6.26 Å². The van der Waals surface area contributed by atoms with Crippen LogP contribution in [0.1, 0.15) is 59.3 Å². The van der Waals surface area contributed by atoms with Crippen molar-refractivity contribution in [3.63, 3.8) is 0 Å². The number of esters is 1. The first kappa shape index (κ1) is 13.2. The molecule has 0 aromatic heterocycles. The van der Waals surface area contributed by atoms with Gasteiger partial charge in [-0.2, -0.15) is 0 Å². The van der Waals surface area contributed by atoms with Crippen LogP contribution in [0.2, 0.25) is 0 Å². The Balaban J connectivity index is 3.67. The summed E-state index contributed by atoms with van der Waals surface area (Å²) >= 11 is 0. The molecule has 0 spiro atoms. The minimum atomic E-state index is -0.232. The van der Waals surface area contributed by atoms with Gasteiger partial charge in [0.2, 0.25) is 0 Å². The highest BCUT2D eigenvalue weighted by atomic mass is 16.5. The van der Waals surface area contributed by atoms with Gasteiger partial charge in [0.15, 0.2) is 0 Å². The molecule has 82 valence electrons. The lowest BCUT2D eigenvalue weighted by Gasteiger charge is -2.03. The molecule has 0 aliphatic heterocycles. The molecule has 0 unspecified atom stereocenters. The molecule has 0 amide bonds. The maximum Gasteiger partial charge on any atom is 0.307 e. The highest BCUT2D eigenvalue weighted by Crippen LogP contribution is 2.13. The second-order valence-corrected chi connectivity index (χ2v) is 3.55. The molecule has 0 aromatic carbocycles. The SMILES string of the molecule is CCCCCCC(=COC(C)=O)CC. The topological polar surface area (TPSA) is 26.3 Å². The molecule has 2 nitrogen and oxygen atoms in total. The summed E-state index contributed by atoms with van der Waals surface area (Å²) in [4.78, 5) is 10.6. The van der Waals surface area contributed by atoms with Crippen LogP contribution in [0.25, 0.3) is 0 Å². The minimum Gasteiger partial charge on any atom is -0.435 e. The van der Waals surface area contributed by atoms with E-state index in [0.29, 0.717) is 0 Å². The van der Waals surface area contributed by atoms with Gasteiger partial charge in [0.1, 0.15) is 0 Å². The summed E-state index contributed by atoms with van der Waals surface area (Å²) in [6.07, 6.45) is 8.68. The third-order valence-electron chi connectivity index (χ3n) is 2.20. The number of unbranched alkanes of at least 4 members (excludes halogenated alkanes) is 3. The molecule has 0 N–H and O–H groups in total. The molecular formula is C12H22O2. The third kappa shape index (κ3) is 7.84. The van der Waals surface area contributed by atoms with Crippen molar-refractivity contribution in [2.45, 2.75) is 59.3 Å². The molecule has 2 heteroatoms. The number of carbonyl (C=O) groups is 1. The molecule has 0 heterocycles. The number of allylic oxidation sites excluding steroid dienone is 1. The van der Waals surface area contributed by atoms with Crippen molar-refractivity contribution in [1.82, 2.24) is 0 Å². The van der Waals surface area contributed by atoms with E-state index in [-0.39, 0.29) is 5.97 Å². The van der Waals surface area contributed by atoms with Gasteiger partial charge in [-0.3, -0.25) is 4.79 Å². The van der Waals surface area contributed by atoms with Crippen LogP contribution in [-0.2, 0) is 9.53 Å². The fourth-order valence-corrected chi connectivity index (χ4v) is 1.26. The van der Waals surface area contributed by atoms with Crippen molar-refractivity contribution in [2.24, 2.45) is 0 Å². The van der Waals surface area contributed by atoms with E-state index in [1.807, 2.05) is 0 Å². The predicted molar refractivity (Wildman–Crippen MR) is 58.9 cm³/mol. The number of carbonyl (C=O) groups excluding carboxylic acids is 1. The average Bonchev–Trinajstić information content (AvgIpc) is 2.16. The molecule has 0 atom stereocenters. The lowest BCUT2D eigenvalue weighted by atomic mass is 10.1. The van der Waals surface area contributed by atoms with E-state index in [1.165, 1.54) is 38.2 Å². The van der Waals surface area contributed by atoms with Gasteiger partial charge in [-0.15, -0.1) is 0 Å². The van der Waals surface area contributed by atoms with E-state index in [4.69, 9.17) is 4.74 Å². The first-order valence-corrected chi connectivity index (χ1v) is 5.55. The van der Waals surface area contributed by atoms with Crippen LogP contribution in [0.5, 0.6) is 0 Å². The highest BCUT2D eigenvalue weighted by molar-refractivity contribution is 5.66. The van der Waals surface area contributed by atoms with E-state index in [2.05, 4.69) is 13.8 Å².